The smallest absolute Gasteiger partial charge is 0.282 e. The molecule has 0 aliphatic carbocycles. The Balaban J connectivity index is 1.60. The lowest BCUT2D eigenvalue weighted by Crippen LogP contribution is -3.19. The molecule has 150 valence electrons. The van der Waals surface area contributed by atoms with Crippen LogP contribution in [0.2, 0.25) is 5.02 Å². The Kier molecular flexibility index (Phi) is 6.97. The number of nitrogens with zero attached hydrogens (tertiary/aromatic N) is 1. The van der Waals surface area contributed by atoms with Gasteiger partial charge in [0.2, 0.25) is 0 Å². The third kappa shape index (κ3) is 4.68. The minimum absolute atomic E-state index is 0.0848. The average molecular weight is 401 g/mol. The number of carbonyl (C=O) groups is 1. The summed E-state index contributed by atoms with van der Waals surface area (Å²) >= 11 is 6.34. The van der Waals surface area contributed by atoms with E-state index in [2.05, 4.69) is 36.2 Å². The number of nitrogens with one attached hydrogen (secondary N) is 2. The van der Waals surface area contributed by atoms with Crippen LogP contribution in [-0.4, -0.2) is 38.1 Å². The fourth-order valence-electron chi connectivity index (χ4n) is 3.86. The van der Waals surface area contributed by atoms with Crippen LogP contribution in [0.5, 0.6) is 0 Å². The Labute approximate surface area is 173 Å². The molecule has 0 bridgehead atoms. The summed E-state index contributed by atoms with van der Waals surface area (Å²) in [6, 6.07) is 16.0. The first kappa shape index (κ1) is 20.7. The van der Waals surface area contributed by atoms with Crippen molar-refractivity contribution < 1.29 is 9.69 Å². The Morgan fingerprint density at radius 2 is 1.75 bits per heavy atom. The van der Waals surface area contributed by atoms with Gasteiger partial charge in [0, 0.05) is 5.69 Å². The lowest BCUT2D eigenvalue weighted by molar-refractivity contribution is -0.914. The van der Waals surface area contributed by atoms with Gasteiger partial charge >= 0.3 is 0 Å². The van der Waals surface area contributed by atoms with Crippen LogP contribution in [0.4, 0.5) is 11.4 Å². The molecule has 28 heavy (non-hydrogen) atoms. The normalized spacial score (nSPS) is 17.2. The van der Waals surface area contributed by atoms with Crippen molar-refractivity contribution in [2.45, 2.75) is 39.2 Å². The fourth-order valence-corrected chi connectivity index (χ4v) is 4.12. The van der Waals surface area contributed by atoms with Gasteiger partial charge in [0.25, 0.3) is 5.91 Å². The van der Waals surface area contributed by atoms with Gasteiger partial charge in [-0.3, -0.25) is 4.79 Å². The zero-order valence-corrected chi connectivity index (χ0v) is 17.8. The van der Waals surface area contributed by atoms with E-state index < -0.39 is 0 Å². The number of quaternary nitrogens is 1. The predicted molar refractivity (Wildman–Crippen MR) is 118 cm³/mol. The van der Waals surface area contributed by atoms with E-state index in [1.807, 2.05) is 43.3 Å². The van der Waals surface area contributed by atoms with Gasteiger partial charge in [0.05, 0.1) is 36.9 Å². The van der Waals surface area contributed by atoms with Crippen molar-refractivity contribution >= 4 is 28.9 Å². The number of rotatable bonds is 6. The number of hydrogen-bond donors (Lipinski definition) is 2. The van der Waals surface area contributed by atoms with Crippen LogP contribution in [0.25, 0.3) is 0 Å². The molecule has 0 saturated carbocycles. The van der Waals surface area contributed by atoms with Crippen LogP contribution < -0.4 is 15.1 Å². The van der Waals surface area contributed by atoms with Crippen molar-refractivity contribution in [1.82, 2.24) is 0 Å². The van der Waals surface area contributed by atoms with Crippen LogP contribution in [0, 0.1) is 0 Å². The summed E-state index contributed by atoms with van der Waals surface area (Å²) in [5.41, 5.74) is 3.25. The SMILES string of the molecule is CC[C@H](C)c1ccccc1NC(=O)[C@H](C)[NH+]1CCN(c2ccccc2Cl)CC1. The second kappa shape index (κ2) is 9.44. The topological polar surface area (TPSA) is 36.8 Å². The Bertz CT molecular complexity index is 802. The van der Waals surface area contributed by atoms with E-state index in [-0.39, 0.29) is 11.9 Å². The monoisotopic (exact) mass is 400 g/mol. The first-order valence-electron chi connectivity index (χ1n) is 10.2. The first-order valence-corrected chi connectivity index (χ1v) is 10.6. The van der Waals surface area contributed by atoms with Gasteiger partial charge in [-0.2, -0.15) is 0 Å². The van der Waals surface area contributed by atoms with E-state index in [0.717, 1.165) is 49.0 Å². The quantitative estimate of drug-likeness (QED) is 0.777. The number of amides is 1. The minimum atomic E-state index is -0.0848. The molecule has 0 aromatic heterocycles. The third-order valence-corrected chi connectivity index (χ3v) is 6.29. The number of piperazine rings is 1. The first-order chi connectivity index (χ1) is 13.5. The zero-order chi connectivity index (χ0) is 20.1. The van der Waals surface area contributed by atoms with Crippen molar-refractivity contribution in [3.05, 3.63) is 59.1 Å². The summed E-state index contributed by atoms with van der Waals surface area (Å²) in [6.07, 6.45) is 1.05. The van der Waals surface area contributed by atoms with Gasteiger partial charge in [-0.25, -0.2) is 0 Å². The number of benzene rings is 2. The van der Waals surface area contributed by atoms with Gasteiger partial charge in [-0.15, -0.1) is 0 Å². The highest BCUT2D eigenvalue weighted by Gasteiger charge is 2.30. The number of anilines is 2. The molecule has 2 aromatic carbocycles. The Hall–Kier alpha value is -2.04. The molecule has 1 aliphatic rings. The molecular weight excluding hydrogens is 370 g/mol. The van der Waals surface area contributed by atoms with E-state index in [0.29, 0.717) is 5.92 Å². The van der Waals surface area contributed by atoms with E-state index in [9.17, 15) is 4.79 Å². The predicted octanol–water partition coefficient (Wildman–Crippen LogP) is 3.59. The molecule has 4 nitrogen and oxygen atoms in total. The molecule has 1 aliphatic heterocycles. The van der Waals surface area contributed by atoms with Crippen LogP contribution in [-0.2, 0) is 4.79 Å². The van der Waals surface area contributed by atoms with Gasteiger partial charge < -0.3 is 15.1 Å². The maximum Gasteiger partial charge on any atom is 0.282 e. The zero-order valence-electron chi connectivity index (χ0n) is 17.0. The molecule has 5 heteroatoms. The van der Waals surface area contributed by atoms with Gasteiger partial charge in [-0.05, 0) is 43.0 Å². The standard InChI is InChI=1S/C23H30ClN3O/c1-4-17(2)19-9-5-7-11-21(19)25-23(28)18(3)26-13-15-27(16-14-26)22-12-8-6-10-20(22)24/h5-12,17-18H,4,13-16H2,1-3H3,(H,25,28)/p+1/t17-,18-/m0/s1. The molecule has 2 N–H and O–H groups in total. The number of carbonyl (C=O) groups excluding carboxylic acids is 1. The van der Waals surface area contributed by atoms with Crippen LogP contribution in [0.3, 0.4) is 0 Å². The van der Waals surface area contributed by atoms with Crippen LogP contribution in [0.1, 0.15) is 38.7 Å². The summed E-state index contributed by atoms with van der Waals surface area (Å²) in [7, 11) is 0. The molecule has 0 spiro atoms. The number of halogens is 1. The molecule has 1 saturated heterocycles. The summed E-state index contributed by atoms with van der Waals surface area (Å²) in [6.45, 7) is 10.1. The Morgan fingerprint density at radius 1 is 1.11 bits per heavy atom. The molecule has 0 radical (unpaired) electrons. The number of para-hydroxylation sites is 2. The summed E-state index contributed by atoms with van der Waals surface area (Å²) in [5, 5.41) is 3.97. The highest BCUT2D eigenvalue weighted by molar-refractivity contribution is 6.33. The highest BCUT2D eigenvalue weighted by Crippen LogP contribution is 2.27. The molecule has 2 atom stereocenters. The molecular formula is C23H31ClN3O+. The fraction of sp³-hybridized carbons (Fsp3) is 0.435. The maximum absolute atomic E-state index is 12.9. The Morgan fingerprint density at radius 3 is 2.43 bits per heavy atom. The molecule has 1 amide bonds. The van der Waals surface area contributed by atoms with E-state index in [1.54, 1.807) is 0 Å². The van der Waals surface area contributed by atoms with Crippen molar-refractivity contribution in [1.29, 1.82) is 0 Å². The summed E-state index contributed by atoms with van der Waals surface area (Å²) < 4.78 is 0. The van der Waals surface area contributed by atoms with Gasteiger partial charge in [0.15, 0.2) is 6.04 Å². The molecule has 1 heterocycles. The summed E-state index contributed by atoms with van der Waals surface area (Å²) in [5.74, 6) is 0.523. The van der Waals surface area contributed by atoms with E-state index >= 15 is 0 Å². The lowest BCUT2D eigenvalue weighted by Gasteiger charge is -2.36. The van der Waals surface area contributed by atoms with Gasteiger partial charge in [0.1, 0.15) is 0 Å². The van der Waals surface area contributed by atoms with Crippen LogP contribution >= 0.6 is 11.6 Å². The van der Waals surface area contributed by atoms with Crippen molar-refractivity contribution in [3.63, 3.8) is 0 Å². The summed E-state index contributed by atoms with van der Waals surface area (Å²) in [4.78, 5) is 16.5. The lowest BCUT2D eigenvalue weighted by atomic mass is 9.97. The second-order valence-corrected chi connectivity index (χ2v) is 8.11. The minimum Gasteiger partial charge on any atom is -0.359 e. The average Bonchev–Trinajstić information content (AvgIpc) is 2.73. The van der Waals surface area contributed by atoms with E-state index in [4.69, 9.17) is 11.6 Å². The van der Waals surface area contributed by atoms with Crippen molar-refractivity contribution in [2.75, 3.05) is 36.4 Å². The van der Waals surface area contributed by atoms with Gasteiger partial charge in [-0.1, -0.05) is 55.8 Å². The number of hydrogen-bond acceptors (Lipinski definition) is 2. The second-order valence-electron chi connectivity index (χ2n) is 7.70. The molecule has 1 fully saturated rings. The van der Waals surface area contributed by atoms with E-state index in [1.165, 1.54) is 10.5 Å². The van der Waals surface area contributed by atoms with Crippen molar-refractivity contribution in [3.8, 4) is 0 Å². The molecule has 0 unspecified atom stereocenters. The van der Waals surface area contributed by atoms with Crippen LogP contribution in [0.15, 0.2) is 48.5 Å². The van der Waals surface area contributed by atoms with Crippen molar-refractivity contribution in [2.24, 2.45) is 0 Å². The molecule has 3 rings (SSSR count). The molecule has 2 aromatic rings. The third-order valence-electron chi connectivity index (χ3n) is 5.97. The highest BCUT2D eigenvalue weighted by atomic mass is 35.5. The maximum atomic E-state index is 12.9. The largest absolute Gasteiger partial charge is 0.359 e.